The van der Waals surface area contributed by atoms with Crippen molar-refractivity contribution in [3.8, 4) is 0 Å². The number of anilines is 1. The fourth-order valence-corrected chi connectivity index (χ4v) is 2.53. The maximum Gasteiger partial charge on any atom is 0.296 e. The van der Waals surface area contributed by atoms with Gasteiger partial charge in [0.15, 0.2) is 5.58 Å². The average molecular weight is 293 g/mol. The molecule has 0 unspecified atom stereocenters. The van der Waals surface area contributed by atoms with Gasteiger partial charge in [-0.1, -0.05) is 0 Å². The van der Waals surface area contributed by atoms with Crippen LogP contribution in [0.4, 0.5) is 10.4 Å². The van der Waals surface area contributed by atoms with Crippen molar-refractivity contribution in [2.75, 3.05) is 25.0 Å². The molecule has 2 aromatic rings. The van der Waals surface area contributed by atoms with Gasteiger partial charge < -0.3 is 19.7 Å². The number of hydrogen-bond acceptors (Lipinski definition) is 5. The van der Waals surface area contributed by atoms with Gasteiger partial charge in [-0.05, 0) is 25.0 Å². The molecule has 0 saturated carbocycles. The number of piperidine rings is 1. The summed E-state index contributed by atoms with van der Waals surface area (Å²) in [4.78, 5) is 18.0. The summed E-state index contributed by atoms with van der Waals surface area (Å²) in [6.45, 7) is 0.923. The minimum atomic E-state index is -0.428. The second kappa shape index (κ2) is 5.69. The molecule has 1 aromatic heterocycles. The Labute approximate surface area is 120 Å². The van der Waals surface area contributed by atoms with Crippen LogP contribution in [0.2, 0.25) is 0 Å². The van der Waals surface area contributed by atoms with Gasteiger partial charge in [0.2, 0.25) is 5.91 Å². The quantitative estimate of drug-likeness (QED) is 0.890. The molecule has 1 aromatic carbocycles. The Balaban J connectivity index is 1.76. The molecule has 7 heteroatoms. The van der Waals surface area contributed by atoms with Gasteiger partial charge in [0.25, 0.3) is 6.01 Å². The van der Waals surface area contributed by atoms with E-state index in [1.54, 1.807) is 4.90 Å². The van der Waals surface area contributed by atoms with Crippen molar-refractivity contribution in [2.45, 2.75) is 18.9 Å². The highest BCUT2D eigenvalue weighted by Gasteiger charge is 2.29. The average Bonchev–Trinajstić information content (AvgIpc) is 2.85. The van der Waals surface area contributed by atoms with Crippen LogP contribution >= 0.6 is 0 Å². The number of aliphatic hydroxyl groups excluding tert-OH is 1. The Kier molecular flexibility index (Phi) is 3.74. The molecule has 1 aliphatic heterocycles. The van der Waals surface area contributed by atoms with Crippen LogP contribution in [0.25, 0.3) is 11.1 Å². The van der Waals surface area contributed by atoms with Crippen LogP contribution in [-0.2, 0) is 4.79 Å². The molecule has 1 atom stereocenters. The highest BCUT2D eigenvalue weighted by molar-refractivity contribution is 5.85. The number of aliphatic hydroxyl groups is 1. The second-order valence-electron chi connectivity index (χ2n) is 5.02. The molecule has 21 heavy (non-hydrogen) atoms. The van der Waals surface area contributed by atoms with E-state index in [1.165, 1.54) is 18.2 Å². The first-order valence-electron chi connectivity index (χ1n) is 6.89. The summed E-state index contributed by atoms with van der Waals surface area (Å²) in [7, 11) is 0. The fourth-order valence-electron chi connectivity index (χ4n) is 2.53. The first-order valence-corrected chi connectivity index (χ1v) is 6.89. The molecule has 1 aliphatic rings. The highest BCUT2D eigenvalue weighted by atomic mass is 19.1. The number of likely N-dealkylation sites (tertiary alicyclic amines) is 1. The van der Waals surface area contributed by atoms with E-state index in [1.807, 2.05) is 0 Å². The number of benzene rings is 1. The maximum atomic E-state index is 13.1. The van der Waals surface area contributed by atoms with Crippen LogP contribution in [0.15, 0.2) is 22.6 Å². The van der Waals surface area contributed by atoms with Gasteiger partial charge >= 0.3 is 0 Å². The third-order valence-electron chi connectivity index (χ3n) is 3.55. The van der Waals surface area contributed by atoms with Crippen molar-refractivity contribution in [1.82, 2.24) is 9.88 Å². The monoisotopic (exact) mass is 293 g/mol. The number of aromatic nitrogens is 1. The number of hydrogen-bond donors (Lipinski definition) is 2. The Bertz CT molecular complexity index is 656. The van der Waals surface area contributed by atoms with E-state index in [4.69, 9.17) is 9.52 Å². The van der Waals surface area contributed by atoms with E-state index >= 15 is 0 Å². The minimum Gasteiger partial charge on any atom is -0.424 e. The molecule has 1 saturated heterocycles. The van der Waals surface area contributed by atoms with Crippen molar-refractivity contribution in [3.63, 3.8) is 0 Å². The number of fused-ring (bicyclic) bond motifs is 1. The molecule has 1 amide bonds. The van der Waals surface area contributed by atoms with E-state index in [0.29, 0.717) is 30.6 Å². The predicted octanol–water partition coefficient (Wildman–Crippen LogP) is 1.36. The predicted molar refractivity (Wildman–Crippen MR) is 74.3 cm³/mol. The summed E-state index contributed by atoms with van der Waals surface area (Å²) in [5, 5.41) is 11.9. The molecule has 0 bridgehead atoms. The number of nitrogens with zero attached hydrogens (tertiary/aromatic N) is 2. The second-order valence-corrected chi connectivity index (χ2v) is 5.02. The Hall–Kier alpha value is -2.15. The lowest BCUT2D eigenvalue weighted by atomic mass is 10.1. The molecule has 112 valence electrons. The molecule has 2 N–H and O–H groups in total. The summed E-state index contributed by atoms with van der Waals surface area (Å²) >= 11 is 0. The Morgan fingerprint density at radius 3 is 3.19 bits per heavy atom. The Morgan fingerprint density at radius 2 is 2.38 bits per heavy atom. The molecule has 1 fully saturated rings. The smallest absolute Gasteiger partial charge is 0.296 e. The van der Waals surface area contributed by atoms with Crippen LogP contribution in [0, 0.1) is 5.82 Å². The molecule has 0 spiro atoms. The number of rotatable bonds is 4. The topological polar surface area (TPSA) is 78.6 Å². The first kappa shape index (κ1) is 13.8. The number of oxazole rings is 1. The molecule has 0 aliphatic carbocycles. The normalized spacial score (nSPS) is 19.2. The van der Waals surface area contributed by atoms with Gasteiger partial charge in [-0.25, -0.2) is 4.39 Å². The van der Waals surface area contributed by atoms with Crippen LogP contribution in [-0.4, -0.2) is 46.6 Å². The van der Waals surface area contributed by atoms with Crippen molar-refractivity contribution >= 4 is 23.0 Å². The lowest BCUT2D eigenvalue weighted by Crippen LogP contribution is -2.48. The van der Waals surface area contributed by atoms with E-state index in [0.717, 1.165) is 6.42 Å². The minimum absolute atomic E-state index is 0.0549. The summed E-state index contributed by atoms with van der Waals surface area (Å²) in [6.07, 6.45) is 1.52. The summed E-state index contributed by atoms with van der Waals surface area (Å²) in [6, 6.07) is 3.86. The zero-order valence-electron chi connectivity index (χ0n) is 11.4. The van der Waals surface area contributed by atoms with Crippen LogP contribution < -0.4 is 5.32 Å². The van der Waals surface area contributed by atoms with Gasteiger partial charge in [-0.2, -0.15) is 4.98 Å². The van der Waals surface area contributed by atoms with Crippen molar-refractivity contribution in [3.05, 3.63) is 24.0 Å². The fraction of sp³-hybridized carbons (Fsp3) is 0.429. The number of amides is 1. The van der Waals surface area contributed by atoms with Gasteiger partial charge in [0.05, 0.1) is 6.61 Å². The molecule has 2 heterocycles. The zero-order chi connectivity index (χ0) is 14.8. The lowest BCUT2D eigenvalue weighted by Gasteiger charge is -2.31. The van der Waals surface area contributed by atoms with Crippen molar-refractivity contribution in [2.24, 2.45) is 0 Å². The van der Waals surface area contributed by atoms with Gasteiger partial charge in [0.1, 0.15) is 17.4 Å². The molecule has 3 rings (SSSR count). The van der Waals surface area contributed by atoms with Gasteiger partial charge in [-0.3, -0.25) is 4.79 Å². The Morgan fingerprint density at radius 1 is 1.52 bits per heavy atom. The lowest BCUT2D eigenvalue weighted by molar-refractivity contribution is -0.134. The molecule has 6 nitrogen and oxygen atoms in total. The molecule has 0 radical (unpaired) electrons. The summed E-state index contributed by atoms with van der Waals surface area (Å²) in [5.74, 6) is -0.464. The van der Waals surface area contributed by atoms with E-state index in [9.17, 15) is 9.18 Å². The van der Waals surface area contributed by atoms with Crippen molar-refractivity contribution in [1.29, 1.82) is 0 Å². The summed E-state index contributed by atoms with van der Waals surface area (Å²) in [5.41, 5.74) is 0.877. The van der Waals surface area contributed by atoms with E-state index in [2.05, 4.69) is 10.3 Å². The molecular weight excluding hydrogens is 277 g/mol. The molecular formula is C14H16FN3O3. The number of β-amino-alcohol motifs (C(OH)–C–C–N with tert-alkyl or cyclic N) is 1. The number of halogens is 1. The number of nitrogens with one attached hydrogen (secondary N) is 1. The van der Waals surface area contributed by atoms with E-state index in [-0.39, 0.29) is 24.3 Å². The van der Waals surface area contributed by atoms with E-state index < -0.39 is 6.04 Å². The largest absolute Gasteiger partial charge is 0.424 e. The zero-order valence-corrected chi connectivity index (χ0v) is 11.4. The summed E-state index contributed by atoms with van der Waals surface area (Å²) < 4.78 is 18.6. The van der Waals surface area contributed by atoms with Gasteiger partial charge in [0, 0.05) is 19.2 Å². The highest BCUT2D eigenvalue weighted by Crippen LogP contribution is 2.22. The van der Waals surface area contributed by atoms with Crippen LogP contribution in [0.5, 0.6) is 0 Å². The van der Waals surface area contributed by atoms with Crippen LogP contribution in [0.1, 0.15) is 12.8 Å². The standard InChI is InChI=1S/C14H16FN3O3/c15-9-3-4-12-11(8-9)17-14(21-12)16-10-2-1-5-18(6-7-19)13(10)20/h3-4,8,10,19H,1-2,5-7H2,(H,16,17)/t10-/m1/s1. The maximum absolute atomic E-state index is 13.1. The van der Waals surface area contributed by atoms with Crippen LogP contribution in [0.3, 0.4) is 0 Å². The number of carbonyl (C=O) groups is 1. The van der Waals surface area contributed by atoms with Crippen molar-refractivity contribution < 1.29 is 18.7 Å². The third-order valence-corrected chi connectivity index (χ3v) is 3.55. The van der Waals surface area contributed by atoms with Gasteiger partial charge in [-0.15, -0.1) is 0 Å². The SMILES string of the molecule is O=C1[C@H](Nc2nc3cc(F)ccc3o2)CCCN1CCO. The number of carbonyl (C=O) groups excluding carboxylic acids is 1. The third kappa shape index (κ3) is 2.82. The first-order chi connectivity index (χ1) is 10.2.